The zero-order valence-corrected chi connectivity index (χ0v) is 13.3. The lowest BCUT2D eigenvalue weighted by molar-refractivity contribution is 0.0689. The Morgan fingerprint density at radius 1 is 1.43 bits per heavy atom. The third-order valence-electron chi connectivity index (χ3n) is 4.26. The summed E-state index contributed by atoms with van der Waals surface area (Å²) >= 11 is 0. The number of benzene rings is 1. The van der Waals surface area contributed by atoms with E-state index in [4.69, 9.17) is 9.84 Å². The molecule has 0 spiro atoms. The molecule has 0 aliphatic carbocycles. The molecule has 0 atom stereocenters. The third-order valence-corrected chi connectivity index (χ3v) is 4.26. The molecule has 0 unspecified atom stereocenters. The Hall–Kier alpha value is -2.25. The average Bonchev–Trinajstić information content (AvgIpc) is 2.93. The smallest absolute Gasteiger partial charge is 0.358 e. The molecular weight excluding hydrogens is 296 g/mol. The average molecular weight is 316 g/mol. The molecule has 1 aromatic heterocycles. The van der Waals surface area contributed by atoms with E-state index in [2.05, 4.69) is 21.3 Å². The Morgan fingerprint density at radius 2 is 2.26 bits per heavy atom. The summed E-state index contributed by atoms with van der Waals surface area (Å²) in [6.07, 6.45) is 0.900. The molecule has 3 rings (SSSR count). The van der Waals surface area contributed by atoms with Crippen LogP contribution in [0.15, 0.2) is 18.2 Å². The van der Waals surface area contributed by atoms with Gasteiger partial charge in [0.25, 0.3) is 0 Å². The topological polar surface area (TPSA) is 80.5 Å². The highest BCUT2D eigenvalue weighted by Crippen LogP contribution is 2.26. The van der Waals surface area contributed by atoms with Crippen molar-refractivity contribution in [3.05, 3.63) is 40.7 Å². The van der Waals surface area contributed by atoms with E-state index in [1.165, 1.54) is 11.1 Å². The Morgan fingerprint density at radius 3 is 2.96 bits per heavy atom. The van der Waals surface area contributed by atoms with Crippen LogP contribution in [0.3, 0.4) is 0 Å². The summed E-state index contributed by atoms with van der Waals surface area (Å²) < 4.78 is 6.78. The van der Waals surface area contributed by atoms with Crippen molar-refractivity contribution < 1.29 is 14.6 Å². The highest BCUT2D eigenvalue weighted by Gasteiger charge is 2.22. The fraction of sp³-hybridized carbons (Fsp3) is 0.438. The van der Waals surface area contributed by atoms with E-state index in [1.807, 2.05) is 12.1 Å². The van der Waals surface area contributed by atoms with Crippen molar-refractivity contribution in [2.75, 3.05) is 26.8 Å². The summed E-state index contributed by atoms with van der Waals surface area (Å²) in [6, 6.07) is 6.06. The maximum Gasteiger partial charge on any atom is 0.358 e. The molecule has 1 N–H and O–H groups in total. The first kappa shape index (κ1) is 15.6. The Labute approximate surface area is 134 Å². The molecule has 1 aliphatic rings. The number of methoxy groups -OCH3 is 1. The quantitative estimate of drug-likeness (QED) is 0.895. The SMILES string of the molecule is COCCN1CCc2c(cccc2-n2nnc(C(=O)O)c2C)C1. The molecule has 0 fully saturated rings. The highest BCUT2D eigenvalue weighted by molar-refractivity contribution is 5.86. The monoisotopic (exact) mass is 316 g/mol. The van der Waals surface area contributed by atoms with E-state index in [-0.39, 0.29) is 5.69 Å². The van der Waals surface area contributed by atoms with Gasteiger partial charge in [-0.25, -0.2) is 9.48 Å². The van der Waals surface area contributed by atoms with Crippen molar-refractivity contribution >= 4 is 5.97 Å². The number of hydrogen-bond donors (Lipinski definition) is 1. The van der Waals surface area contributed by atoms with Gasteiger partial charge < -0.3 is 9.84 Å². The van der Waals surface area contributed by atoms with Crippen LogP contribution in [0.4, 0.5) is 0 Å². The molecule has 122 valence electrons. The molecule has 1 aliphatic heterocycles. The van der Waals surface area contributed by atoms with Crippen LogP contribution in [0.1, 0.15) is 27.3 Å². The molecule has 0 saturated carbocycles. The van der Waals surface area contributed by atoms with Gasteiger partial charge >= 0.3 is 5.97 Å². The van der Waals surface area contributed by atoms with E-state index in [1.54, 1.807) is 18.7 Å². The summed E-state index contributed by atoms with van der Waals surface area (Å²) in [5.74, 6) is -1.05. The number of carboxylic acids is 1. The van der Waals surface area contributed by atoms with Gasteiger partial charge in [-0.15, -0.1) is 5.10 Å². The first-order chi connectivity index (χ1) is 11.1. The molecule has 23 heavy (non-hydrogen) atoms. The van der Waals surface area contributed by atoms with Crippen molar-refractivity contribution in [3.8, 4) is 5.69 Å². The molecule has 2 aromatic rings. The first-order valence-corrected chi connectivity index (χ1v) is 7.60. The largest absolute Gasteiger partial charge is 0.476 e. The Bertz CT molecular complexity index is 726. The second-order valence-corrected chi connectivity index (χ2v) is 5.67. The number of aromatic carboxylic acids is 1. The predicted molar refractivity (Wildman–Crippen MR) is 83.9 cm³/mol. The second kappa shape index (κ2) is 6.47. The van der Waals surface area contributed by atoms with Crippen molar-refractivity contribution in [1.82, 2.24) is 19.9 Å². The van der Waals surface area contributed by atoms with Crippen LogP contribution in [0.5, 0.6) is 0 Å². The fourth-order valence-electron chi connectivity index (χ4n) is 3.01. The molecule has 1 aromatic carbocycles. The van der Waals surface area contributed by atoms with Crippen LogP contribution >= 0.6 is 0 Å². The lowest BCUT2D eigenvalue weighted by Gasteiger charge is -2.29. The van der Waals surface area contributed by atoms with Crippen molar-refractivity contribution in [2.24, 2.45) is 0 Å². The van der Waals surface area contributed by atoms with Crippen molar-refractivity contribution in [3.63, 3.8) is 0 Å². The molecule has 0 radical (unpaired) electrons. The van der Waals surface area contributed by atoms with Gasteiger partial charge in [-0.05, 0) is 30.5 Å². The minimum absolute atomic E-state index is 0.000124. The van der Waals surface area contributed by atoms with Gasteiger partial charge in [0, 0.05) is 26.7 Å². The van der Waals surface area contributed by atoms with Gasteiger partial charge in [0.15, 0.2) is 5.69 Å². The standard InChI is InChI=1S/C16H20N4O3/c1-11-15(16(21)22)17-18-20(11)14-5-3-4-12-10-19(8-9-23-2)7-6-13(12)14/h3-5H,6-10H2,1-2H3,(H,21,22). The number of carbonyl (C=O) groups is 1. The van der Waals surface area contributed by atoms with E-state index in [0.717, 1.165) is 38.3 Å². The van der Waals surface area contributed by atoms with Crippen LogP contribution in [0, 0.1) is 6.92 Å². The molecule has 2 heterocycles. The molecular formula is C16H20N4O3. The van der Waals surface area contributed by atoms with Crippen molar-refractivity contribution in [2.45, 2.75) is 19.9 Å². The van der Waals surface area contributed by atoms with Crippen LogP contribution < -0.4 is 0 Å². The first-order valence-electron chi connectivity index (χ1n) is 7.60. The summed E-state index contributed by atoms with van der Waals surface area (Å²) in [4.78, 5) is 13.5. The summed E-state index contributed by atoms with van der Waals surface area (Å²) in [7, 11) is 1.71. The number of carboxylic acid groups (broad SMARTS) is 1. The number of hydrogen-bond acceptors (Lipinski definition) is 5. The molecule has 0 amide bonds. The van der Waals surface area contributed by atoms with Gasteiger partial charge in [-0.3, -0.25) is 4.90 Å². The fourth-order valence-corrected chi connectivity index (χ4v) is 3.01. The summed E-state index contributed by atoms with van der Waals surface area (Å²) in [5.41, 5.74) is 3.93. The number of ether oxygens (including phenoxy) is 1. The molecule has 7 heteroatoms. The Kier molecular flexibility index (Phi) is 4.40. The van der Waals surface area contributed by atoms with E-state index >= 15 is 0 Å². The molecule has 7 nitrogen and oxygen atoms in total. The number of fused-ring (bicyclic) bond motifs is 1. The molecule has 0 bridgehead atoms. The maximum absolute atomic E-state index is 11.2. The van der Waals surface area contributed by atoms with Crippen LogP contribution in [-0.2, 0) is 17.7 Å². The maximum atomic E-state index is 11.2. The minimum atomic E-state index is -1.05. The van der Waals surface area contributed by atoms with Gasteiger partial charge in [0.2, 0.25) is 0 Å². The van der Waals surface area contributed by atoms with E-state index < -0.39 is 5.97 Å². The molecule has 0 saturated heterocycles. The lowest BCUT2D eigenvalue weighted by atomic mass is 9.97. The van der Waals surface area contributed by atoms with Crippen LogP contribution in [-0.4, -0.2) is 57.8 Å². The van der Waals surface area contributed by atoms with Crippen LogP contribution in [0.2, 0.25) is 0 Å². The Balaban J connectivity index is 1.93. The lowest BCUT2D eigenvalue weighted by Crippen LogP contribution is -2.33. The normalized spacial score (nSPS) is 14.7. The van der Waals surface area contributed by atoms with Gasteiger partial charge in [-0.1, -0.05) is 17.3 Å². The zero-order chi connectivity index (χ0) is 16.4. The van der Waals surface area contributed by atoms with Gasteiger partial charge in [0.1, 0.15) is 0 Å². The van der Waals surface area contributed by atoms with Crippen LogP contribution in [0.25, 0.3) is 5.69 Å². The zero-order valence-electron chi connectivity index (χ0n) is 13.3. The highest BCUT2D eigenvalue weighted by atomic mass is 16.5. The summed E-state index contributed by atoms with van der Waals surface area (Å²) in [6.45, 7) is 5.18. The minimum Gasteiger partial charge on any atom is -0.476 e. The number of aromatic nitrogens is 3. The van der Waals surface area contributed by atoms with Crippen molar-refractivity contribution in [1.29, 1.82) is 0 Å². The number of nitrogens with zero attached hydrogens (tertiary/aromatic N) is 4. The van der Waals surface area contributed by atoms with E-state index in [0.29, 0.717) is 5.69 Å². The second-order valence-electron chi connectivity index (χ2n) is 5.67. The van der Waals surface area contributed by atoms with E-state index in [9.17, 15) is 4.79 Å². The predicted octanol–water partition coefficient (Wildman–Crippen LogP) is 1.28. The number of rotatable bonds is 5. The van der Waals surface area contributed by atoms with Gasteiger partial charge in [0.05, 0.1) is 18.0 Å². The summed E-state index contributed by atoms with van der Waals surface area (Å²) in [5, 5.41) is 17.0. The third kappa shape index (κ3) is 2.97. The van der Waals surface area contributed by atoms with Gasteiger partial charge in [-0.2, -0.15) is 0 Å².